The van der Waals surface area contributed by atoms with Crippen molar-refractivity contribution >= 4 is 28.5 Å². The van der Waals surface area contributed by atoms with Crippen LogP contribution in [-0.2, 0) is 4.79 Å². The Morgan fingerprint density at radius 3 is 2.72 bits per heavy atom. The average molecular weight is 432 g/mol. The summed E-state index contributed by atoms with van der Waals surface area (Å²) in [4.78, 5) is 30.8. The van der Waals surface area contributed by atoms with E-state index in [1.807, 2.05) is 45.0 Å². The highest BCUT2D eigenvalue weighted by atomic mass is 16.2. The molecule has 3 N–H and O–H groups in total. The number of hydrogen-bond donors (Lipinski definition) is 2. The number of nitrogens with zero attached hydrogens (tertiary/aromatic N) is 5. The summed E-state index contributed by atoms with van der Waals surface area (Å²) in [6.45, 7) is 6.38. The summed E-state index contributed by atoms with van der Waals surface area (Å²) in [5, 5.41) is 11.7. The van der Waals surface area contributed by atoms with Crippen LogP contribution < -0.4 is 16.0 Å². The number of pyridine rings is 1. The van der Waals surface area contributed by atoms with Crippen LogP contribution in [0, 0.1) is 5.41 Å². The van der Waals surface area contributed by atoms with Crippen molar-refractivity contribution in [3.8, 4) is 0 Å². The highest BCUT2D eigenvalue weighted by Crippen LogP contribution is 2.31. The molecule has 0 radical (unpaired) electrons. The number of hydrogen-bond acceptors (Lipinski definition) is 6. The maximum Gasteiger partial charge on any atom is 0.252 e. The number of aromatic nitrogens is 4. The lowest BCUT2D eigenvalue weighted by molar-refractivity contribution is -0.120. The molecule has 0 saturated carbocycles. The molecular formula is C23H25N7O2. The highest BCUT2D eigenvalue weighted by Gasteiger charge is 2.31. The number of amides is 2. The minimum atomic E-state index is -0.576. The minimum Gasteiger partial charge on any atom is -0.365 e. The molecule has 0 bridgehead atoms. The second-order valence-electron chi connectivity index (χ2n) is 8.68. The van der Waals surface area contributed by atoms with Gasteiger partial charge in [-0.1, -0.05) is 44.2 Å². The van der Waals surface area contributed by atoms with Crippen LogP contribution in [0.4, 0.5) is 5.69 Å². The van der Waals surface area contributed by atoms with E-state index in [1.165, 1.54) is 6.20 Å². The van der Waals surface area contributed by atoms with Crippen molar-refractivity contribution < 1.29 is 9.59 Å². The number of carbonyl (C=O) groups excluding carboxylic acids is 2. The Morgan fingerprint density at radius 2 is 1.97 bits per heavy atom. The van der Waals surface area contributed by atoms with E-state index in [0.29, 0.717) is 16.8 Å². The molecule has 4 rings (SSSR count). The van der Waals surface area contributed by atoms with Crippen LogP contribution in [-0.4, -0.2) is 38.3 Å². The van der Waals surface area contributed by atoms with Gasteiger partial charge in [-0.3, -0.25) is 14.6 Å². The zero-order valence-electron chi connectivity index (χ0n) is 18.2. The molecule has 1 aromatic carbocycles. The third-order valence-electron chi connectivity index (χ3n) is 5.28. The summed E-state index contributed by atoms with van der Waals surface area (Å²) < 4.78 is 1.75. The molecule has 9 nitrogen and oxygen atoms in total. The molecule has 1 atom stereocenters. The van der Waals surface area contributed by atoms with Crippen LogP contribution in [0.25, 0.3) is 11.0 Å². The minimum absolute atomic E-state index is 0.228. The summed E-state index contributed by atoms with van der Waals surface area (Å²) in [5.74, 6) is -0.804. The first-order valence-electron chi connectivity index (χ1n) is 10.2. The fraction of sp³-hybridized carbons (Fsp3) is 0.261. The summed E-state index contributed by atoms with van der Waals surface area (Å²) in [6.07, 6.45) is 7.90. The zero-order valence-corrected chi connectivity index (χ0v) is 18.2. The normalized spacial score (nSPS) is 14.8. The molecule has 1 aliphatic rings. The van der Waals surface area contributed by atoms with Crippen LogP contribution in [0.5, 0.6) is 0 Å². The standard InChI is InChI=1S/C23H25N7O2/c1-23(2,3)22(30-19-9-5-4-8-17(19)27-28-30)26-21(32)15-7-6-12-29(14-15)18-10-11-25-13-16(18)20(24)31/h4-13,22H,14H2,1-3H3,(H2,24,31)(H,26,32). The van der Waals surface area contributed by atoms with Crippen molar-refractivity contribution in [2.45, 2.75) is 26.9 Å². The van der Waals surface area contributed by atoms with Crippen molar-refractivity contribution in [2.24, 2.45) is 11.1 Å². The second kappa shape index (κ2) is 8.26. The number of para-hydroxylation sites is 1. The number of allylic oxidation sites excluding steroid dienone is 2. The van der Waals surface area contributed by atoms with Crippen LogP contribution in [0.15, 0.2) is 66.7 Å². The zero-order chi connectivity index (χ0) is 22.9. The molecule has 2 aromatic heterocycles. The molecule has 2 amide bonds. The Balaban J connectivity index is 1.59. The number of benzene rings is 1. The largest absolute Gasteiger partial charge is 0.365 e. The van der Waals surface area contributed by atoms with Gasteiger partial charge in [0.15, 0.2) is 0 Å². The fourth-order valence-electron chi connectivity index (χ4n) is 3.63. The Morgan fingerprint density at radius 1 is 1.19 bits per heavy atom. The van der Waals surface area contributed by atoms with Gasteiger partial charge in [0.2, 0.25) is 0 Å². The Bertz CT molecular complexity index is 1240. The summed E-state index contributed by atoms with van der Waals surface area (Å²) in [6, 6.07) is 9.34. The molecule has 164 valence electrons. The van der Waals surface area contributed by atoms with Crippen molar-refractivity contribution in [3.63, 3.8) is 0 Å². The van der Waals surface area contributed by atoms with Crippen LogP contribution in [0.2, 0.25) is 0 Å². The van der Waals surface area contributed by atoms with Gasteiger partial charge in [0.1, 0.15) is 11.7 Å². The van der Waals surface area contributed by atoms with E-state index in [2.05, 4.69) is 20.6 Å². The summed E-state index contributed by atoms with van der Waals surface area (Å²) in [5.41, 5.74) is 8.19. The first-order valence-corrected chi connectivity index (χ1v) is 10.2. The van der Waals surface area contributed by atoms with Crippen molar-refractivity contribution in [1.82, 2.24) is 25.3 Å². The average Bonchev–Trinajstić information content (AvgIpc) is 3.20. The molecule has 3 aromatic rings. The van der Waals surface area contributed by atoms with E-state index in [0.717, 1.165) is 11.0 Å². The predicted molar refractivity (Wildman–Crippen MR) is 121 cm³/mol. The first-order chi connectivity index (χ1) is 15.3. The SMILES string of the molecule is CC(C)(C)C(NC(=O)C1=CC=CN(c2ccncc2C(N)=O)C1)n1nnc2ccccc21. The number of fused-ring (bicyclic) bond motifs is 1. The molecule has 0 spiro atoms. The first kappa shape index (κ1) is 21.2. The van der Waals surface area contributed by atoms with Crippen molar-refractivity contribution in [2.75, 3.05) is 11.4 Å². The quantitative estimate of drug-likeness (QED) is 0.641. The monoisotopic (exact) mass is 431 g/mol. The lowest BCUT2D eigenvalue weighted by Crippen LogP contribution is -2.43. The molecule has 32 heavy (non-hydrogen) atoms. The number of nitrogens with two attached hydrogens (primary N) is 1. The van der Waals surface area contributed by atoms with E-state index >= 15 is 0 Å². The number of carbonyl (C=O) groups is 2. The van der Waals surface area contributed by atoms with Crippen molar-refractivity contribution in [1.29, 1.82) is 0 Å². The van der Waals surface area contributed by atoms with E-state index in [4.69, 9.17) is 5.73 Å². The topological polar surface area (TPSA) is 119 Å². The van der Waals surface area contributed by atoms with Gasteiger partial charge in [0.05, 0.1) is 23.3 Å². The van der Waals surface area contributed by atoms with Gasteiger partial charge < -0.3 is 16.0 Å². The molecule has 0 saturated heterocycles. The number of rotatable bonds is 5. The maximum absolute atomic E-state index is 13.3. The van der Waals surface area contributed by atoms with Gasteiger partial charge in [0.25, 0.3) is 11.8 Å². The third-order valence-corrected chi connectivity index (χ3v) is 5.28. The third kappa shape index (κ3) is 4.09. The van der Waals surface area contributed by atoms with E-state index in [-0.39, 0.29) is 17.9 Å². The van der Waals surface area contributed by atoms with Gasteiger partial charge in [-0.2, -0.15) is 0 Å². The van der Waals surface area contributed by atoms with Gasteiger partial charge in [-0.05, 0) is 24.3 Å². The fourth-order valence-corrected chi connectivity index (χ4v) is 3.63. The van der Waals surface area contributed by atoms with Gasteiger partial charge in [0, 0.05) is 29.6 Å². The second-order valence-corrected chi connectivity index (χ2v) is 8.68. The summed E-state index contributed by atoms with van der Waals surface area (Å²) >= 11 is 0. The highest BCUT2D eigenvalue weighted by molar-refractivity contribution is 6.00. The van der Waals surface area contributed by atoms with E-state index in [9.17, 15) is 9.59 Å². The lowest BCUT2D eigenvalue weighted by atomic mass is 9.91. The van der Waals surface area contributed by atoms with Crippen LogP contribution in [0.3, 0.4) is 0 Å². The predicted octanol–water partition coefficient (Wildman–Crippen LogP) is 2.55. The smallest absolute Gasteiger partial charge is 0.252 e. The molecule has 1 unspecified atom stereocenters. The van der Waals surface area contributed by atoms with Crippen LogP contribution in [0.1, 0.15) is 37.3 Å². The van der Waals surface area contributed by atoms with Crippen LogP contribution >= 0.6 is 0 Å². The van der Waals surface area contributed by atoms with Gasteiger partial charge in [-0.15, -0.1) is 5.10 Å². The Labute approximate surface area is 185 Å². The Hall–Kier alpha value is -4.01. The summed E-state index contributed by atoms with van der Waals surface area (Å²) in [7, 11) is 0. The number of anilines is 1. The van der Waals surface area contributed by atoms with Gasteiger partial charge in [-0.25, -0.2) is 4.68 Å². The van der Waals surface area contributed by atoms with E-state index in [1.54, 1.807) is 40.2 Å². The number of nitrogens with one attached hydrogen (secondary N) is 1. The molecule has 3 heterocycles. The molecule has 1 aliphatic heterocycles. The van der Waals surface area contributed by atoms with Gasteiger partial charge >= 0.3 is 0 Å². The molecule has 9 heteroatoms. The molecular weight excluding hydrogens is 406 g/mol. The Kier molecular flexibility index (Phi) is 5.48. The van der Waals surface area contributed by atoms with Crippen molar-refractivity contribution in [3.05, 3.63) is 72.2 Å². The van der Waals surface area contributed by atoms with E-state index < -0.39 is 12.1 Å². The number of primary amides is 1. The maximum atomic E-state index is 13.3. The molecule has 0 fully saturated rings. The lowest BCUT2D eigenvalue weighted by Gasteiger charge is -2.33. The molecule has 0 aliphatic carbocycles.